The number of rotatable bonds is 7. The average Bonchev–Trinajstić information content (AvgIpc) is 3.41. The van der Waals surface area contributed by atoms with Crippen molar-refractivity contribution in [2.75, 3.05) is 11.1 Å². The number of ether oxygens (including phenoxy) is 1. The molecule has 2 aromatic carbocycles. The van der Waals surface area contributed by atoms with Gasteiger partial charge in [-0.15, -0.1) is 10.2 Å². The van der Waals surface area contributed by atoms with Gasteiger partial charge in [0.1, 0.15) is 5.75 Å². The van der Waals surface area contributed by atoms with Crippen LogP contribution in [0, 0.1) is 0 Å². The summed E-state index contributed by atoms with van der Waals surface area (Å²) in [5, 5.41) is 11.7. The third-order valence-electron chi connectivity index (χ3n) is 3.86. The Labute approximate surface area is 165 Å². The van der Waals surface area contributed by atoms with Crippen molar-refractivity contribution in [3.05, 3.63) is 59.4 Å². The van der Waals surface area contributed by atoms with Crippen LogP contribution >= 0.6 is 23.4 Å². The van der Waals surface area contributed by atoms with E-state index in [2.05, 4.69) is 15.5 Å². The molecule has 1 saturated carbocycles. The average molecular weight is 402 g/mol. The summed E-state index contributed by atoms with van der Waals surface area (Å²) in [4.78, 5) is 12.3. The Hall–Kier alpha value is -2.51. The predicted molar refractivity (Wildman–Crippen MR) is 104 cm³/mol. The Kier molecular flexibility index (Phi) is 5.31. The second-order valence-electron chi connectivity index (χ2n) is 6.07. The number of nitrogens with zero attached hydrogens (tertiary/aromatic N) is 2. The Morgan fingerprint density at radius 3 is 2.81 bits per heavy atom. The van der Waals surface area contributed by atoms with Crippen molar-refractivity contribution in [3.8, 4) is 11.5 Å². The Balaban J connectivity index is 1.39. The highest BCUT2D eigenvalue weighted by atomic mass is 35.5. The van der Waals surface area contributed by atoms with Gasteiger partial charge in [0.05, 0.1) is 11.4 Å². The van der Waals surface area contributed by atoms with Gasteiger partial charge >= 0.3 is 0 Å². The number of halogens is 1. The van der Waals surface area contributed by atoms with Crippen LogP contribution in [0.2, 0.25) is 5.02 Å². The van der Waals surface area contributed by atoms with Gasteiger partial charge < -0.3 is 14.5 Å². The fourth-order valence-electron chi connectivity index (χ4n) is 2.39. The number of anilines is 1. The minimum absolute atomic E-state index is 0.142. The summed E-state index contributed by atoms with van der Waals surface area (Å²) >= 11 is 7.27. The van der Waals surface area contributed by atoms with Gasteiger partial charge in [0.25, 0.3) is 5.22 Å². The molecule has 1 fully saturated rings. The molecule has 4 rings (SSSR count). The molecule has 0 radical (unpaired) electrons. The Bertz CT molecular complexity index is 944. The number of thioether (sulfide) groups is 1. The fraction of sp³-hybridized carbons (Fsp3) is 0.211. The largest absolute Gasteiger partial charge is 0.455 e. The van der Waals surface area contributed by atoms with Gasteiger partial charge in [0.15, 0.2) is 5.75 Å². The van der Waals surface area contributed by atoms with E-state index in [-0.39, 0.29) is 11.7 Å². The zero-order valence-electron chi connectivity index (χ0n) is 14.2. The van der Waals surface area contributed by atoms with E-state index in [4.69, 9.17) is 20.8 Å². The number of carbonyl (C=O) groups is 1. The topological polar surface area (TPSA) is 77.2 Å². The number of carbonyl (C=O) groups excluding carboxylic acids is 1. The van der Waals surface area contributed by atoms with E-state index in [0.29, 0.717) is 39.2 Å². The van der Waals surface area contributed by atoms with Gasteiger partial charge in [-0.25, -0.2) is 0 Å². The molecule has 8 heteroatoms. The quantitative estimate of drug-likeness (QED) is 0.553. The predicted octanol–water partition coefficient (Wildman–Crippen LogP) is 5.12. The van der Waals surface area contributed by atoms with Crippen LogP contribution in [0.25, 0.3) is 0 Å². The van der Waals surface area contributed by atoms with E-state index in [0.717, 1.165) is 12.8 Å². The van der Waals surface area contributed by atoms with E-state index in [1.165, 1.54) is 11.8 Å². The van der Waals surface area contributed by atoms with Crippen molar-refractivity contribution < 1.29 is 13.9 Å². The van der Waals surface area contributed by atoms with Crippen LogP contribution in [-0.2, 0) is 4.79 Å². The fourth-order valence-corrected chi connectivity index (χ4v) is 3.13. The standard InChI is InChI=1S/C19H16ClN3O3S/c20-13-8-9-16(25-14-4-2-1-3-5-14)15(10-13)21-17(24)11-27-19-23-22-18(26-19)12-6-7-12/h1-5,8-10,12H,6-7,11H2,(H,21,24). The molecule has 6 nitrogen and oxygen atoms in total. The second-order valence-corrected chi connectivity index (χ2v) is 7.44. The molecular weight excluding hydrogens is 386 g/mol. The molecule has 1 heterocycles. The number of nitrogens with one attached hydrogen (secondary N) is 1. The van der Waals surface area contributed by atoms with Gasteiger partial charge in [0, 0.05) is 10.9 Å². The van der Waals surface area contributed by atoms with Gasteiger partial charge in [-0.05, 0) is 43.2 Å². The van der Waals surface area contributed by atoms with Crippen LogP contribution in [0.4, 0.5) is 5.69 Å². The maximum atomic E-state index is 12.3. The summed E-state index contributed by atoms with van der Waals surface area (Å²) in [7, 11) is 0. The zero-order chi connectivity index (χ0) is 18.6. The summed E-state index contributed by atoms with van der Waals surface area (Å²) in [6.07, 6.45) is 2.18. The lowest BCUT2D eigenvalue weighted by Gasteiger charge is -2.12. The van der Waals surface area contributed by atoms with Crippen molar-refractivity contribution in [2.24, 2.45) is 0 Å². The molecule has 1 amide bonds. The molecule has 0 aliphatic heterocycles. The van der Waals surface area contributed by atoms with Crippen LogP contribution in [0.1, 0.15) is 24.7 Å². The van der Waals surface area contributed by atoms with Crippen molar-refractivity contribution in [1.29, 1.82) is 0 Å². The summed E-state index contributed by atoms with van der Waals surface area (Å²) in [5.41, 5.74) is 0.501. The highest BCUT2D eigenvalue weighted by molar-refractivity contribution is 7.99. The van der Waals surface area contributed by atoms with E-state index in [1.54, 1.807) is 18.2 Å². The van der Waals surface area contributed by atoms with Gasteiger partial charge in [-0.1, -0.05) is 41.6 Å². The van der Waals surface area contributed by atoms with Crippen LogP contribution in [0.15, 0.2) is 58.2 Å². The molecule has 0 atom stereocenters. The first kappa shape index (κ1) is 17.9. The van der Waals surface area contributed by atoms with Crippen molar-refractivity contribution >= 4 is 35.0 Å². The molecule has 1 aliphatic carbocycles. The van der Waals surface area contributed by atoms with Crippen LogP contribution in [0.5, 0.6) is 11.5 Å². The second kappa shape index (κ2) is 8.02. The number of amides is 1. The molecule has 138 valence electrons. The lowest BCUT2D eigenvalue weighted by molar-refractivity contribution is -0.113. The summed E-state index contributed by atoms with van der Waals surface area (Å²) in [6.45, 7) is 0. The number of para-hydroxylation sites is 1. The molecule has 0 spiro atoms. The van der Waals surface area contributed by atoms with Crippen molar-refractivity contribution in [2.45, 2.75) is 24.0 Å². The molecule has 27 heavy (non-hydrogen) atoms. The SMILES string of the molecule is O=C(CSc1nnc(C2CC2)o1)Nc1cc(Cl)ccc1Oc1ccccc1. The molecule has 1 aliphatic rings. The van der Waals surface area contributed by atoms with E-state index in [1.807, 2.05) is 30.3 Å². The number of benzene rings is 2. The summed E-state index contributed by atoms with van der Waals surface area (Å²) < 4.78 is 11.4. The molecule has 1 aromatic heterocycles. The van der Waals surface area contributed by atoms with Crippen LogP contribution in [0.3, 0.4) is 0 Å². The highest BCUT2D eigenvalue weighted by Gasteiger charge is 2.29. The first-order valence-corrected chi connectivity index (χ1v) is 9.82. The molecule has 3 aromatic rings. The summed E-state index contributed by atoms with van der Waals surface area (Å²) in [5.74, 6) is 2.16. The Morgan fingerprint density at radius 2 is 2.04 bits per heavy atom. The van der Waals surface area contributed by atoms with Crippen molar-refractivity contribution in [3.63, 3.8) is 0 Å². The lowest BCUT2D eigenvalue weighted by Crippen LogP contribution is -2.14. The van der Waals surface area contributed by atoms with E-state index >= 15 is 0 Å². The monoisotopic (exact) mass is 401 g/mol. The first-order chi connectivity index (χ1) is 13.2. The first-order valence-electron chi connectivity index (χ1n) is 8.46. The number of hydrogen-bond acceptors (Lipinski definition) is 6. The maximum absolute atomic E-state index is 12.3. The molecular formula is C19H16ClN3O3S. The lowest BCUT2D eigenvalue weighted by atomic mass is 10.3. The number of hydrogen-bond donors (Lipinski definition) is 1. The molecule has 0 unspecified atom stereocenters. The number of aromatic nitrogens is 2. The minimum Gasteiger partial charge on any atom is -0.455 e. The zero-order valence-corrected chi connectivity index (χ0v) is 15.8. The molecule has 1 N–H and O–H groups in total. The van der Waals surface area contributed by atoms with Gasteiger partial charge in [-0.2, -0.15) is 0 Å². The van der Waals surface area contributed by atoms with Crippen LogP contribution < -0.4 is 10.1 Å². The molecule has 0 saturated heterocycles. The third-order valence-corrected chi connectivity index (χ3v) is 4.92. The van der Waals surface area contributed by atoms with Crippen molar-refractivity contribution in [1.82, 2.24) is 10.2 Å². The smallest absolute Gasteiger partial charge is 0.277 e. The normalized spacial score (nSPS) is 13.4. The van der Waals surface area contributed by atoms with Gasteiger partial charge in [-0.3, -0.25) is 4.79 Å². The van der Waals surface area contributed by atoms with Crippen LogP contribution in [-0.4, -0.2) is 21.9 Å². The minimum atomic E-state index is -0.216. The van der Waals surface area contributed by atoms with E-state index < -0.39 is 0 Å². The Morgan fingerprint density at radius 1 is 1.22 bits per heavy atom. The third kappa shape index (κ3) is 4.81. The van der Waals surface area contributed by atoms with E-state index in [9.17, 15) is 4.79 Å². The van der Waals surface area contributed by atoms with Gasteiger partial charge in [0.2, 0.25) is 11.8 Å². The summed E-state index contributed by atoms with van der Waals surface area (Å²) in [6, 6.07) is 14.4. The highest BCUT2D eigenvalue weighted by Crippen LogP contribution is 2.39. The maximum Gasteiger partial charge on any atom is 0.277 e. The molecule has 0 bridgehead atoms.